The first-order chi connectivity index (χ1) is 14.5. The molecule has 0 fully saturated rings. The maximum atomic E-state index is 7.08. The summed E-state index contributed by atoms with van der Waals surface area (Å²) >= 11 is 6.72. The van der Waals surface area contributed by atoms with Gasteiger partial charge in [0.15, 0.2) is 0 Å². The maximum absolute atomic E-state index is 7.08. The molecule has 0 bridgehead atoms. The predicted molar refractivity (Wildman–Crippen MR) is 123 cm³/mol. The van der Waals surface area contributed by atoms with Crippen LogP contribution in [0.2, 0.25) is 5.02 Å². The van der Waals surface area contributed by atoms with Crippen molar-refractivity contribution in [2.45, 2.75) is 20.4 Å². The summed E-state index contributed by atoms with van der Waals surface area (Å²) < 4.78 is 0. The van der Waals surface area contributed by atoms with Crippen LogP contribution in [-0.4, -0.2) is 9.97 Å². The van der Waals surface area contributed by atoms with Gasteiger partial charge in [-0.1, -0.05) is 42.4 Å². The third kappa shape index (κ3) is 3.71. The van der Waals surface area contributed by atoms with Gasteiger partial charge in [-0.3, -0.25) is 0 Å². The minimum Gasteiger partial charge on any atom is -0.361 e. The summed E-state index contributed by atoms with van der Waals surface area (Å²) in [4.78, 5) is 12.2. The third-order valence-electron chi connectivity index (χ3n) is 5.04. The topological polar surface area (TPSA) is 68.2 Å². The zero-order valence-electron chi connectivity index (χ0n) is 16.7. The molecule has 0 aliphatic rings. The van der Waals surface area contributed by atoms with Crippen LogP contribution in [0.5, 0.6) is 0 Å². The number of hydrogen-bond acceptors (Lipinski definition) is 4. The van der Waals surface area contributed by atoms with Gasteiger partial charge >= 0.3 is 0 Å². The molecular formula is C24H20ClN5. The molecule has 0 aliphatic carbocycles. The largest absolute Gasteiger partial charge is 0.361 e. The monoisotopic (exact) mass is 413 g/mol. The highest BCUT2D eigenvalue weighted by Gasteiger charge is 2.15. The van der Waals surface area contributed by atoms with Gasteiger partial charge in [-0.15, -0.1) is 4.98 Å². The smallest absolute Gasteiger partial charge is 0.269 e. The standard InChI is InChI=1S/C24H20ClN5/c1-14-4-5-15(2)20(10-14)30-24-18-11-16(17-7-9-22(27-3)28-13-17)6-8-19(18)29-21(12-26)23(24)25/h4-11,13H,12,26H2,1-2H3,(H,29,30). The summed E-state index contributed by atoms with van der Waals surface area (Å²) in [7, 11) is 0. The van der Waals surface area contributed by atoms with Crippen LogP contribution in [0, 0.1) is 20.4 Å². The number of nitrogens with zero attached hydrogens (tertiary/aromatic N) is 3. The van der Waals surface area contributed by atoms with Crippen molar-refractivity contribution in [3.63, 3.8) is 0 Å². The number of pyridine rings is 2. The zero-order chi connectivity index (χ0) is 21.3. The number of nitrogens with two attached hydrogens (primary N) is 1. The molecule has 4 rings (SSSR count). The van der Waals surface area contributed by atoms with Gasteiger partial charge in [0.2, 0.25) is 0 Å². The van der Waals surface area contributed by atoms with Gasteiger partial charge in [-0.25, -0.2) is 4.98 Å². The molecule has 4 aromatic rings. The lowest BCUT2D eigenvalue weighted by Crippen LogP contribution is -2.05. The zero-order valence-corrected chi connectivity index (χ0v) is 17.5. The van der Waals surface area contributed by atoms with Gasteiger partial charge < -0.3 is 15.9 Å². The average molecular weight is 414 g/mol. The molecule has 30 heavy (non-hydrogen) atoms. The molecule has 0 atom stereocenters. The number of benzene rings is 2. The van der Waals surface area contributed by atoms with Crippen molar-refractivity contribution in [2.24, 2.45) is 5.73 Å². The molecule has 0 radical (unpaired) electrons. The number of fused-ring (bicyclic) bond motifs is 1. The van der Waals surface area contributed by atoms with E-state index in [1.165, 1.54) is 0 Å². The summed E-state index contributed by atoms with van der Waals surface area (Å²) in [5.74, 6) is 0.370. The Labute approximate surface area is 180 Å². The van der Waals surface area contributed by atoms with E-state index >= 15 is 0 Å². The molecule has 0 aliphatic heterocycles. The Morgan fingerprint density at radius 2 is 1.87 bits per heavy atom. The molecule has 148 valence electrons. The van der Waals surface area contributed by atoms with E-state index < -0.39 is 0 Å². The number of anilines is 2. The highest BCUT2D eigenvalue weighted by molar-refractivity contribution is 6.35. The first-order valence-corrected chi connectivity index (χ1v) is 9.88. The minimum atomic E-state index is 0.250. The Morgan fingerprint density at radius 3 is 2.57 bits per heavy atom. The van der Waals surface area contributed by atoms with Gasteiger partial charge in [0, 0.05) is 23.2 Å². The van der Waals surface area contributed by atoms with Crippen LogP contribution in [0.1, 0.15) is 16.8 Å². The number of aromatic nitrogens is 2. The van der Waals surface area contributed by atoms with Crippen molar-refractivity contribution in [1.82, 2.24) is 9.97 Å². The van der Waals surface area contributed by atoms with Crippen molar-refractivity contribution >= 4 is 39.7 Å². The highest BCUT2D eigenvalue weighted by Crippen LogP contribution is 2.37. The minimum absolute atomic E-state index is 0.250. The van der Waals surface area contributed by atoms with Gasteiger partial charge in [-0.2, -0.15) is 0 Å². The Kier molecular flexibility index (Phi) is 5.37. The van der Waals surface area contributed by atoms with Crippen LogP contribution < -0.4 is 11.1 Å². The maximum Gasteiger partial charge on any atom is 0.269 e. The third-order valence-corrected chi connectivity index (χ3v) is 5.44. The fraction of sp³-hybridized carbons (Fsp3) is 0.125. The number of aryl methyl sites for hydroxylation is 2. The molecule has 0 unspecified atom stereocenters. The van der Waals surface area contributed by atoms with E-state index in [0.29, 0.717) is 16.5 Å². The van der Waals surface area contributed by atoms with Crippen LogP contribution in [0.4, 0.5) is 17.2 Å². The Hall–Kier alpha value is -3.46. The van der Waals surface area contributed by atoms with Crippen molar-refractivity contribution in [3.8, 4) is 11.1 Å². The predicted octanol–water partition coefficient (Wildman–Crippen LogP) is 6.32. The van der Waals surface area contributed by atoms with E-state index in [1.807, 2.05) is 24.3 Å². The van der Waals surface area contributed by atoms with Crippen LogP contribution in [-0.2, 0) is 6.54 Å². The number of hydrogen-bond donors (Lipinski definition) is 2. The average Bonchev–Trinajstić information content (AvgIpc) is 2.77. The number of halogens is 1. The first-order valence-electron chi connectivity index (χ1n) is 9.50. The summed E-state index contributed by atoms with van der Waals surface area (Å²) in [6, 6.07) is 15.8. The van der Waals surface area contributed by atoms with Gasteiger partial charge in [-0.05, 0) is 54.8 Å². The van der Waals surface area contributed by atoms with Gasteiger partial charge in [0.05, 0.1) is 21.9 Å². The van der Waals surface area contributed by atoms with E-state index in [2.05, 4.69) is 52.2 Å². The van der Waals surface area contributed by atoms with Gasteiger partial charge in [0.1, 0.15) is 6.20 Å². The SMILES string of the molecule is [C-]#[N+]c1ccc(-c2ccc3nc(CN)c(Cl)c(Nc4cc(C)ccc4C)c3c2)cn1. The molecule has 0 saturated carbocycles. The molecule has 2 heterocycles. The molecule has 0 amide bonds. The van der Waals surface area contributed by atoms with Crippen molar-refractivity contribution in [3.05, 3.63) is 88.0 Å². The van der Waals surface area contributed by atoms with E-state index in [1.54, 1.807) is 12.3 Å². The first kappa shape index (κ1) is 19.8. The summed E-state index contributed by atoms with van der Waals surface area (Å²) in [5, 5.41) is 4.92. The summed E-state index contributed by atoms with van der Waals surface area (Å²) in [5.41, 5.74) is 13.3. The molecular weight excluding hydrogens is 394 g/mol. The van der Waals surface area contributed by atoms with E-state index in [9.17, 15) is 0 Å². The van der Waals surface area contributed by atoms with Gasteiger partial charge in [0.25, 0.3) is 5.82 Å². The van der Waals surface area contributed by atoms with E-state index in [4.69, 9.17) is 23.9 Å². The van der Waals surface area contributed by atoms with Crippen LogP contribution in [0.3, 0.4) is 0 Å². The summed E-state index contributed by atoms with van der Waals surface area (Å²) in [6.07, 6.45) is 1.70. The molecule has 0 spiro atoms. The number of nitrogens with one attached hydrogen (secondary N) is 1. The second-order valence-corrected chi connectivity index (χ2v) is 7.52. The fourth-order valence-corrected chi connectivity index (χ4v) is 3.62. The van der Waals surface area contributed by atoms with Crippen LogP contribution >= 0.6 is 11.6 Å². The number of rotatable bonds is 4. The van der Waals surface area contributed by atoms with Crippen LogP contribution in [0.25, 0.3) is 26.9 Å². The second-order valence-electron chi connectivity index (χ2n) is 7.14. The molecule has 5 nitrogen and oxygen atoms in total. The second kappa shape index (κ2) is 8.11. The molecule has 2 aromatic heterocycles. The normalized spacial score (nSPS) is 10.8. The summed E-state index contributed by atoms with van der Waals surface area (Å²) in [6.45, 7) is 11.4. The lowest BCUT2D eigenvalue weighted by atomic mass is 10.0. The Bertz CT molecular complexity index is 1290. The Morgan fingerprint density at radius 1 is 1.07 bits per heavy atom. The lowest BCUT2D eigenvalue weighted by molar-refractivity contribution is 1.01. The van der Waals surface area contributed by atoms with Crippen LogP contribution in [0.15, 0.2) is 54.7 Å². The molecule has 0 saturated heterocycles. The lowest BCUT2D eigenvalue weighted by Gasteiger charge is -2.17. The molecule has 2 aromatic carbocycles. The van der Waals surface area contributed by atoms with Crippen molar-refractivity contribution < 1.29 is 0 Å². The molecule has 3 N–H and O–H groups in total. The van der Waals surface area contributed by atoms with E-state index in [-0.39, 0.29) is 6.54 Å². The van der Waals surface area contributed by atoms with Crippen molar-refractivity contribution in [2.75, 3.05) is 5.32 Å². The highest BCUT2D eigenvalue weighted by atomic mass is 35.5. The fourth-order valence-electron chi connectivity index (χ4n) is 3.36. The van der Waals surface area contributed by atoms with Crippen molar-refractivity contribution in [1.29, 1.82) is 0 Å². The quantitative estimate of drug-likeness (QED) is 0.384. The Balaban J connectivity index is 1.90. The van der Waals surface area contributed by atoms with E-state index in [0.717, 1.165) is 44.5 Å². The molecule has 6 heteroatoms.